The minimum absolute atomic E-state index is 0.00846. The van der Waals surface area contributed by atoms with Gasteiger partial charge >= 0.3 is 0 Å². The van der Waals surface area contributed by atoms with Crippen molar-refractivity contribution in [3.63, 3.8) is 0 Å². The number of amides is 1. The van der Waals surface area contributed by atoms with Crippen molar-refractivity contribution >= 4 is 23.1 Å². The van der Waals surface area contributed by atoms with Crippen molar-refractivity contribution in [2.45, 2.75) is 13.3 Å². The molecule has 0 saturated heterocycles. The molecule has 0 aliphatic carbocycles. The third kappa shape index (κ3) is 4.97. The second-order valence-electron chi connectivity index (χ2n) is 5.07. The van der Waals surface area contributed by atoms with Crippen molar-refractivity contribution in [3.05, 3.63) is 59.7 Å². The van der Waals surface area contributed by atoms with E-state index in [9.17, 15) is 9.59 Å². The molecule has 23 heavy (non-hydrogen) atoms. The Morgan fingerprint density at radius 2 is 1.61 bits per heavy atom. The molecule has 0 spiro atoms. The lowest BCUT2D eigenvalue weighted by Crippen LogP contribution is -2.21. The lowest BCUT2D eigenvalue weighted by Gasteiger charge is -2.08. The summed E-state index contributed by atoms with van der Waals surface area (Å²) in [6.45, 7) is 1.64. The molecule has 0 radical (unpaired) electrons. The Labute approximate surface area is 134 Å². The first-order valence-corrected chi connectivity index (χ1v) is 7.19. The first-order chi connectivity index (χ1) is 11.1. The Balaban J connectivity index is 1.85. The summed E-state index contributed by atoms with van der Waals surface area (Å²) in [5.41, 5.74) is 3.01. The van der Waals surface area contributed by atoms with Crippen LogP contribution in [0, 0.1) is 11.3 Å². The predicted octanol–water partition coefficient (Wildman–Crippen LogP) is 3.01. The summed E-state index contributed by atoms with van der Waals surface area (Å²) in [5.74, 6) is -0.164. The van der Waals surface area contributed by atoms with Gasteiger partial charge in [-0.3, -0.25) is 9.59 Å². The Bertz CT molecular complexity index is 728. The molecule has 0 aliphatic rings. The quantitative estimate of drug-likeness (QED) is 0.804. The topological polar surface area (TPSA) is 82.0 Å². The maximum absolute atomic E-state index is 11.9. The van der Waals surface area contributed by atoms with Crippen LogP contribution in [-0.2, 0) is 11.2 Å². The number of rotatable bonds is 6. The average Bonchev–Trinajstić information content (AvgIpc) is 2.55. The molecule has 0 fully saturated rings. The molecule has 0 aromatic heterocycles. The van der Waals surface area contributed by atoms with Crippen LogP contribution >= 0.6 is 0 Å². The molecule has 0 aliphatic heterocycles. The number of ketones is 1. The Kier molecular flexibility index (Phi) is 5.48. The SMILES string of the molecule is CC(=O)c1ccc(NCC(=O)Nc2ccc(CC#N)cc2)cc1. The molecule has 5 heteroatoms. The Morgan fingerprint density at radius 1 is 1.00 bits per heavy atom. The maximum atomic E-state index is 11.9. The van der Waals surface area contributed by atoms with Crippen molar-refractivity contribution in [1.29, 1.82) is 5.26 Å². The van der Waals surface area contributed by atoms with Gasteiger partial charge in [-0.2, -0.15) is 5.26 Å². The zero-order valence-electron chi connectivity index (χ0n) is 12.8. The Morgan fingerprint density at radius 3 is 2.17 bits per heavy atom. The van der Waals surface area contributed by atoms with E-state index in [1.54, 1.807) is 36.4 Å². The molecule has 0 heterocycles. The smallest absolute Gasteiger partial charge is 0.243 e. The van der Waals surface area contributed by atoms with Gasteiger partial charge in [-0.05, 0) is 48.9 Å². The fourth-order valence-electron chi connectivity index (χ4n) is 2.01. The van der Waals surface area contributed by atoms with E-state index < -0.39 is 0 Å². The first-order valence-electron chi connectivity index (χ1n) is 7.19. The van der Waals surface area contributed by atoms with Crippen molar-refractivity contribution in [2.75, 3.05) is 17.2 Å². The number of nitrogens with one attached hydrogen (secondary N) is 2. The summed E-state index contributed by atoms with van der Waals surface area (Å²) in [5, 5.41) is 14.4. The van der Waals surface area contributed by atoms with Gasteiger partial charge in [0.05, 0.1) is 19.0 Å². The van der Waals surface area contributed by atoms with Gasteiger partial charge in [0.2, 0.25) is 5.91 Å². The fourth-order valence-corrected chi connectivity index (χ4v) is 2.01. The monoisotopic (exact) mass is 307 g/mol. The van der Waals surface area contributed by atoms with Crippen LogP contribution < -0.4 is 10.6 Å². The minimum atomic E-state index is -0.173. The van der Waals surface area contributed by atoms with E-state index in [0.29, 0.717) is 17.7 Å². The molecule has 2 aromatic rings. The van der Waals surface area contributed by atoms with Crippen LogP contribution in [0.15, 0.2) is 48.5 Å². The summed E-state index contributed by atoms with van der Waals surface area (Å²) < 4.78 is 0. The van der Waals surface area contributed by atoms with Crippen molar-refractivity contribution in [3.8, 4) is 6.07 Å². The van der Waals surface area contributed by atoms with Crippen molar-refractivity contribution < 1.29 is 9.59 Å². The lowest BCUT2D eigenvalue weighted by atomic mass is 10.1. The standard InChI is InChI=1S/C18H17N3O2/c1-13(22)15-4-8-16(9-5-15)20-12-18(23)21-17-6-2-14(3-7-17)10-11-19/h2-9,20H,10,12H2,1H3,(H,21,23). The molecule has 2 rings (SSSR count). The van der Waals surface area contributed by atoms with Crippen molar-refractivity contribution in [1.82, 2.24) is 0 Å². The molecular formula is C18H17N3O2. The zero-order valence-corrected chi connectivity index (χ0v) is 12.8. The maximum Gasteiger partial charge on any atom is 0.243 e. The molecule has 5 nitrogen and oxygen atoms in total. The number of benzene rings is 2. The van der Waals surface area contributed by atoms with Gasteiger partial charge in [-0.1, -0.05) is 12.1 Å². The fraction of sp³-hybridized carbons (Fsp3) is 0.167. The third-order valence-corrected chi connectivity index (χ3v) is 3.27. The lowest BCUT2D eigenvalue weighted by molar-refractivity contribution is -0.114. The summed E-state index contributed by atoms with van der Waals surface area (Å²) >= 11 is 0. The van der Waals surface area contributed by atoms with E-state index in [2.05, 4.69) is 16.7 Å². The highest BCUT2D eigenvalue weighted by Crippen LogP contribution is 2.11. The van der Waals surface area contributed by atoms with Gasteiger partial charge in [0, 0.05) is 16.9 Å². The second kappa shape index (κ2) is 7.76. The minimum Gasteiger partial charge on any atom is -0.376 e. The molecule has 0 bridgehead atoms. The van der Waals surface area contributed by atoms with Crippen molar-refractivity contribution in [2.24, 2.45) is 0 Å². The van der Waals surface area contributed by atoms with Crippen LogP contribution in [0.1, 0.15) is 22.8 Å². The van der Waals surface area contributed by atoms with Crippen LogP contribution in [0.25, 0.3) is 0 Å². The van der Waals surface area contributed by atoms with Gasteiger partial charge in [0.25, 0.3) is 0 Å². The van der Waals surface area contributed by atoms with Gasteiger partial charge in [-0.25, -0.2) is 0 Å². The average molecular weight is 307 g/mol. The van der Waals surface area contributed by atoms with Crippen LogP contribution in [-0.4, -0.2) is 18.2 Å². The van der Waals surface area contributed by atoms with E-state index in [1.807, 2.05) is 12.1 Å². The molecule has 2 N–H and O–H groups in total. The normalized spacial score (nSPS) is 9.74. The Hall–Kier alpha value is -3.13. The van der Waals surface area contributed by atoms with Gasteiger partial charge in [0.15, 0.2) is 5.78 Å². The molecule has 116 valence electrons. The summed E-state index contributed by atoms with van der Waals surface area (Å²) in [7, 11) is 0. The number of hydrogen-bond acceptors (Lipinski definition) is 4. The number of Topliss-reactive ketones (excluding diaryl/α,β-unsaturated/α-hetero) is 1. The number of hydrogen-bond donors (Lipinski definition) is 2. The van der Waals surface area contributed by atoms with E-state index in [1.165, 1.54) is 6.92 Å². The van der Waals surface area contributed by atoms with Crippen LogP contribution in [0.5, 0.6) is 0 Å². The predicted molar refractivity (Wildman–Crippen MR) is 89.3 cm³/mol. The first kappa shape index (κ1) is 16.2. The summed E-state index contributed by atoms with van der Waals surface area (Å²) in [4.78, 5) is 23.1. The van der Waals surface area contributed by atoms with Crippen LogP contribution in [0.2, 0.25) is 0 Å². The number of nitriles is 1. The summed E-state index contributed by atoms with van der Waals surface area (Å²) in [6, 6.07) is 16.2. The van der Waals surface area contributed by atoms with Crippen LogP contribution in [0.3, 0.4) is 0 Å². The molecule has 0 atom stereocenters. The molecular weight excluding hydrogens is 290 g/mol. The highest BCUT2D eigenvalue weighted by atomic mass is 16.2. The third-order valence-electron chi connectivity index (χ3n) is 3.27. The van der Waals surface area contributed by atoms with E-state index in [0.717, 1.165) is 11.3 Å². The van der Waals surface area contributed by atoms with E-state index in [-0.39, 0.29) is 18.2 Å². The number of anilines is 2. The number of nitrogens with zero attached hydrogens (tertiary/aromatic N) is 1. The van der Waals surface area contributed by atoms with E-state index in [4.69, 9.17) is 5.26 Å². The highest BCUT2D eigenvalue weighted by Gasteiger charge is 2.03. The molecule has 0 unspecified atom stereocenters. The number of carbonyl (C=O) groups excluding carboxylic acids is 2. The van der Waals surface area contributed by atoms with Gasteiger partial charge in [-0.15, -0.1) is 0 Å². The van der Waals surface area contributed by atoms with Gasteiger partial charge < -0.3 is 10.6 Å². The van der Waals surface area contributed by atoms with Crippen LogP contribution in [0.4, 0.5) is 11.4 Å². The zero-order chi connectivity index (χ0) is 16.7. The highest BCUT2D eigenvalue weighted by molar-refractivity contribution is 5.95. The largest absolute Gasteiger partial charge is 0.376 e. The second-order valence-corrected chi connectivity index (χ2v) is 5.07. The summed E-state index contributed by atoms with van der Waals surface area (Å²) in [6.07, 6.45) is 0.353. The van der Waals surface area contributed by atoms with E-state index >= 15 is 0 Å². The van der Waals surface area contributed by atoms with Gasteiger partial charge in [0.1, 0.15) is 0 Å². The number of carbonyl (C=O) groups is 2. The molecule has 2 aromatic carbocycles. The molecule has 0 saturated carbocycles. The molecule has 1 amide bonds.